The lowest BCUT2D eigenvalue weighted by atomic mass is 10.2. The number of amides is 3. The predicted octanol–water partition coefficient (Wildman–Crippen LogP) is 4.00. The van der Waals surface area contributed by atoms with Gasteiger partial charge in [-0.15, -0.1) is 0 Å². The molecule has 0 bridgehead atoms. The third kappa shape index (κ3) is 6.75. The number of hydrazone groups is 1. The first-order chi connectivity index (χ1) is 14.6. The van der Waals surface area contributed by atoms with Crippen molar-refractivity contribution < 1.29 is 18.7 Å². The number of benzene rings is 3. The van der Waals surface area contributed by atoms with Crippen LogP contribution >= 0.6 is 0 Å². The van der Waals surface area contributed by atoms with E-state index >= 15 is 0 Å². The summed E-state index contributed by atoms with van der Waals surface area (Å²) >= 11 is 0. The lowest BCUT2D eigenvalue weighted by molar-refractivity contribution is -0.118. The average molecular weight is 406 g/mol. The maximum atomic E-state index is 12.9. The number of nitrogens with one attached hydrogen (secondary N) is 3. The number of anilines is 2. The molecule has 7 nitrogen and oxygen atoms in total. The zero-order chi connectivity index (χ0) is 21.2. The van der Waals surface area contributed by atoms with Crippen LogP contribution in [0.25, 0.3) is 0 Å². The normalized spacial score (nSPS) is 10.4. The molecule has 0 heterocycles. The van der Waals surface area contributed by atoms with Crippen LogP contribution in [-0.2, 0) is 4.79 Å². The van der Waals surface area contributed by atoms with E-state index in [9.17, 15) is 14.0 Å². The molecule has 30 heavy (non-hydrogen) atoms. The number of rotatable bonds is 7. The first kappa shape index (κ1) is 20.5. The number of para-hydroxylation sites is 1. The maximum absolute atomic E-state index is 12.9. The summed E-state index contributed by atoms with van der Waals surface area (Å²) in [6, 6.07) is 20.8. The Morgan fingerprint density at radius 1 is 0.867 bits per heavy atom. The highest BCUT2D eigenvalue weighted by molar-refractivity contribution is 5.92. The number of ether oxygens (including phenoxy) is 1. The van der Waals surface area contributed by atoms with Crippen LogP contribution in [0.15, 0.2) is 84.0 Å². The highest BCUT2D eigenvalue weighted by Gasteiger charge is 2.04. The van der Waals surface area contributed by atoms with Crippen molar-refractivity contribution in [2.75, 3.05) is 17.2 Å². The topological polar surface area (TPSA) is 91.8 Å². The Bertz CT molecular complexity index is 1010. The SMILES string of the molecule is O=C(COc1ccc(/C=N/NC(=O)Nc2ccccc2)cc1)Nc1ccc(F)cc1. The number of carbonyl (C=O) groups excluding carboxylic acids is 2. The van der Waals surface area contributed by atoms with E-state index in [0.29, 0.717) is 17.1 Å². The molecule has 0 aromatic heterocycles. The monoisotopic (exact) mass is 406 g/mol. The van der Waals surface area contributed by atoms with Crippen molar-refractivity contribution in [2.24, 2.45) is 5.10 Å². The van der Waals surface area contributed by atoms with Gasteiger partial charge in [0.15, 0.2) is 6.61 Å². The first-order valence-corrected chi connectivity index (χ1v) is 9.02. The van der Waals surface area contributed by atoms with Gasteiger partial charge in [-0.1, -0.05) is 18.2 Å². The molecule has 152 valence electrons. The average Bonchev–Trinajstić information content (AvgIpc) is 2.75. The number of hydrogen-bond donors (Lipinski definition) is 3. The van der Waals surface area contributed by atoms with E-state index in [2.05, 4.69) is 21.2 Å². The first-order valence-electron chi connectivity index (χ1n) is 9.02. The minimum Gasteiger partial charge on any atom is -0.484 e. The molecule has 3 aromatic rings. The predicted molar refractivity (Wildman–Crippen MR) is 113 cm³/mol. The summed E-state index contributed by atoms with van der Waals surface area (Å²) in [5.41, 5.74) is 4.26. The molecule has 0 aliphatic carbocycles. The highest BCUT2D eigenvalue weighted by atomic mass is 19.1. The molecule has 0 spiro atoms. The van der Waals surface area contributed by atoms with E-state index in [1.54, 1.807) is 36.4 Å². The van der Waals surface area contributed by atoms with Gasteiger partial charge in [-0.05, 0) is 66.2 Å². The number of urea groups is 1. The Morgan fingerprint density at radius 2 is 1.53 bits per heavy atom. The molecule has 3 N–H and O–H groups in total. The molecular formula is C22H19FN4O3. The Hall–Kier alpha value is -4.20. The molecule has 8 heteroatoms. The van der Waals surface area contributed by atoms with Gasteiger partial charge >= 0.3 is 6.03 Å². The third-order valence-corrected chi connectivity index (χ3v) is 3.79. The van der Waals surface area contributed by atoms with Gasteiger partial charge in [-0.2, -0.15) is 5.10 Å². The summed E-state index contributed by atoms with van der Waals surface area (Å²) in [5, 5.41) is 9.13. The Morgan fingerprint density at radius 3 is 2.23 bits per heavy atom. The molecular weight excluding hydrogens is 387 g/mol. The Kier molecular flexibility index (Phi) is 7.10. The van der Waals surface area contributed by atoms with E-state index in [4.69, 9.17) is 4.74 Å². The van der Waals surface area contributed by atoms with Gasteiger partial charge in [0.05, 0.1) is 6.21 Å². The van der Waals surface area contributed by atoms with Gasteiger partial charge < -0.3 is 15.4 Å². The summed E-state index contributed by atoms with van der Waals surface area (Å²) in [6.45, 7) is -0.188. The van der Waals surface area contributed by atoms with Gasteiger partial charge in [0.25, 0.3) is 5.91 Å². The highest BCUT2D eigenvalue weighted by Crippen LogP contribution is 2.12. The second-order valence-corrected chi connectivity index (χ2v) is 6.10. The summed E-state index contributed by atoms with van der Waals surface area (Å²) < 4.78 is 18.3. The van der Waals surface area contributed by atoms with Crippen molar-refractivity contribution in [1.29, 1.82) is 0 Å². The van der Waals surface area contributed by atoms with Crippen LogP contribution in [0.2, 0.25) is 0 Å². The van der Waals surface area contributed by atoms with Crippen LogP contribution in [0.1, 0.15) is 5.56 Å². The van der Waals surface area contributed by atoms with Gasteiger partial charge in [-0.25, -0.2) is 14.6 Å². The van der Waals surface area contributed by atoms with Crippen LogP contribution in [0.5, 0.6) is 5.75 Å². The van der Waals surface area contributed by atoms with Crippen molar-refractivity contribution >= 4 is 29.5 Å². The minimum absolute atomic E-state index is 0.188. The summed E-state index contributed by atoms with van der Waals surface area (Å²) in [5.74, 6) is -0.239. The van der Waals surface area contributed by atoms with Crippen molar-refractivity contribution in [3.63, 3.8) is 0 Å². The van der Waals surface area contributed by atoms with E-state index in [-0.39, 0.29) is 18.3 Å². The van der Waals surface area contributed by atoms with E-state index in [0.717, 1.165) is 5.56 Å². The minimum atomic E-state index is -0.454. The largest absolute Gasteiger partial charge is 0.484 e. The van der Waals surface area contributed by atoms with Crippen LogP contribution in [0.4, 0.5) is 20.6 Å². The van der Waals surface area contributed by atoms with E-state index in [1.165, 1.54) is 30.5 Å². The van der Waals surface area contributed by atoms with Crippen LogP contribution in [0.3, 0.4) is 0 Å². The molecule has 0 aliphatic heterocycles. The molecule has 0 aliphatic rings. The van der Waals surface area contributed by atoms with E-state index in [1.807, 2.05) is 18.2 Å². The second-order valence-electron chi connectivity index (χ2n) is 6.10. The standard InChI is InChI=1S/C22H19FN4O3/c23-17-8-10-19(11-9-17)25-21(28)15-30-20-12-6-16(7-13-20)14-24-27-22(29)26-18-4-2-1-3-5-18/h1-14H,15H2,(H,25,28)(H2,26,27,29)/b24-14+. The fourth-order valence-corrected chi connectivity index (χ4v) is 2.38. The molecule has 0 atom stereocenters. The lowest BCUT2D eigenvalue weighted by Crippen LogP contribution is -2.24. The number of halogens is 1. The molecule has 3 aromatic carbocycles. The quantitative estimate of drug-likeness (QED) is 0.409. The zero-order valence-corrected chi connectivity index (χ0v) is 15.8. The van der Waals surface area contributed by atoms with Crippen LogP contribution in [0, 0.1) is 5.82 Å². The fourth-order valence-electron chi connectivity index (χ4n) is 2.38. The van der Waals surface area contributed by atoms with Gasteiger partial charge in [0.2, 0.25) is 0 Å². The van der Waals surface area contributed by atoms with Crippen LogP contribution in [-0.4, -0.2) is 24.8 Å². The Balaban J connectivity index is 1.41. The van der Waals surface area contributed by atoms with Gasteiger partial charge in [0.1, 0.15) is 11.6 Å². The zero-order valence-electron chi connectivity index (χ0n) is 15.8. The molecule has 3 amide bonds. The van der Waals surface area contributed by atoms with Crippen molar-refractivity contribution in [3.8, 4) is 5.75 Å². The second kappa shape index (κ2) is 10.4. The molecule has 0 unspecified atom stereocenters. The number of carbonyl (C=O) groups is 2. The fraction of sp³-hybridized carbons (Fsp3) is 0.0455. The van der Waals surface area contributed by atoms with Gasteiger partial charge in [0, 0.05) is 11.4 Å². The lowest BCUT2D eigenvalue weighted by Gasteiger charge is -2.07. The summed E-state index contributed by atoms with van der Waals surface area (Å²) in [7, 11) is 0. The van der Waals surface area contributed by atoms with Crippen LogP contribution < -0.4 is 20.8 Å². The molecule has 0 radical (unpaired) electrons. The maximum Gasteiger partial charge on any atom is 0.339 e. The third-order valence-electron chi connectivity index (χ3n) is 3.79. The summed E-state index contributed by atoms with van der Waals surface area (Å²) in [4.78, 5) is 23.6. The van der Waals surface area contributed by atoms with Crippen molar-refractivity contribution in [3.05, 3.63) is 90.2 Å². The summed E-state index contributed by atoms with van der Waals surface area (Å²) in [6.07, 6.45) is 1.48. The number of hydrogen-bond acceptors (Lipinski definition) is 4. The number of nitrogens with zero attached hydrogens (tertiary/aromatic N) is 1. The van der Waals surface area contributed by atoms with Gasteiger partial charge in [-0.3, -0.25) is 4.79 Å². The van der Waals surface area contributed by atoms with Crippen molar-refractivity contribution in [1.82, 2.24) is 5.43 Å². The molecule has 0 saturated heterocycles. The van der Waals surface area contributed by atoms with E-state index < -0.39 is 6.03 Å². The molecule has 0 saturated carbocycles. The molecule has 3 rings (SSSR count). The molecule has 0 fully saturated rings. The smallest absolute Gasteiger partial charge is 0.339 e. The van der Waals surface area contributed by atoms with Crippen molar-refractivity contribution in [2.45, 2.75) is 0 Å². The Labute approximate surface area is 172 Å².